The smallest absolute Gasteiger partial charge is 0.157 e. The molecule has 0 spiro atoms. The molecule has 1 aromatic rings. The minimum atomic E-state index is -0.116. The molecule has 0 N–H and O–H groups in total. The van der Waals surface area contributed by atoms with Gasteiger partial charge in [-0.25, -0.2) is 0 Å². The van der Waals surface area contributed by atoms with Crippen molar-refractivity contribution >= 4 is 20.8 Å². The van der Waals surface area contributed by atoms with Gasteiger partial charge in [0.15, 0.2) is 9.52 Å². The predicted molar refractivity (Wildman–Crippen MR) is 87.4 cm³/mol. The lowest BCUT2D eigenvalue weighted by atomic mass is 10.2. The summed E-state index contributed by atoms with van der Waals surface area (Å²) in [6, 6.07) is 8.32. The Balaban J connectivity index is 2.58. The maximum atomic E-state index is 5.89. The Bertz CT molecular complexity index is 369. The second-order valence-corrected chi connectivity index (χ2v) is 6.02. The van der Waals surface area contributed by atoms with E-state index in [0.717, 1.165) is 38.9 Å². The molecule has 0 amide bonds. The third-order valence-electron chi connectivity index (χ3n) is 2.99. The molecular formula is C17H26O2Si. The lowest BCUT2D eigenvalue weighted by molar-refractivity contribution is -0.0910. The highest BCUT2D eigenvalue weighted by Crippen LogP contribution is 2.03. The Morgan fingerprint density at radius 2 is 1.70 bits per heavy atom. The lowest BCUT2D eigenvalue weighted by Gasteiger charge is -2.19. The van der Waals surface area contributed by atoms with E-state index in [-0.39, 0.29) is 5.91 Å². The Morgan fingerprint density at radius 3 is 2.25 bits per heavy atom. The highest BCUT2D eigenvalue weighted by Gasteiger charge is 2.13. The fourth-order valence-corrected chi connectivity index (χ4v) is 2.94. The summed E-state index contributed by atoms with van der Waals surface area (Å²) in [4.78, 5) is 0. The average Bonchev–Trinajstić information content (AvgIpc) is 2.48. The standard InChI is InChI=1S/C17H26O2Si/c1-4-7-13-18-17(19-14-8-5-2)20-16-12-10-9-11-15(16)6-3/h6,9-12,17H,3-5,7-8,13-14H2,1-2H3. The van der Waals surface area contributed by atoms with Crippen LogP contribution in [-0.4, -0.2) is 28.6 Å². The van der Waals surface area contributed by atoms with E-state index in [1.54, 1.807) is 0 Å². The fourth-order valence-electron chi connectivity index (χ4n) is 1.73. The van der Waals surface area contributed by atoms with Crippen molar-refractivity contribution in [1.29, 1.82) is 0 Å². The van der Waals surface area contributed by atoms with Crippen LogP contribution < -0.4 is 5.19 Å². The summed E-state index contributed by atoms with van der Waals surface area (Å²) < 4.78 is 11.8. The minimum Gasteiger partial charge on any atom is -0.357 e. The third kappa shape index (κ3) is 6.50. The van der Waals surface area contributed by atoms with Gasteiger partial charge in [-0.1, -0.05) is 68.8 Å². The first kappa shape index (κ1) is 17.1. The molecule has 0 heterocycles. The molecule has 0 aliphatic heterocycles. The van der Waals surface area contributed by atoms with Crippen LogP contribution in [-0.2, 0) is 9.47 Å². The molecule has 20 heavy (non-hydrogen) atoms. The Kier molecular flexibility index (Phi) is 9.29. The van der Waals surface area contributed by atoms with E-state index in [4.69, 9.17) is 9.47 Å². The quantitative estimate of drug-likeness (QED) is 0.352. The van der Waals surface area contributed by atoms with Gasteiger partial charge in [0.05, 0.1) is 0 Å². The van der Waals surface area contributed by atoms with E-state index in [2.05, 4.69) is 38.6 Å². The molecule has 1 rings (SSSR count). The molecule has 1 aromatic carbocycles. The molecule has 0 saturated carbocycles. The van der Waals surface area contributed by atoms with E-state index in [0.29, 0.717) is 9.52 Å². The van der Waals surface area contributed by atoms with Crippen LogP contribution in [0.2, 0.25) is 0 Å². The molecule has 0 aromatic heterocycles. The van der Waals surface area contributed by atoms with Crippen LogP contribution in [0.15, 0.2) is 30.8 Å². The Hall–Kier alpha value is -0.903. The van der Waals surface area contributed by atoms with Crippen molar-refractivity contribution in [2.24, 2.45) is 0 Å². The number of hydrogen-bond acceptors (Lipinski definition) is 2. The Morgan fingerprint density at radius 1 is 1.10 bits per heavy atom. The van der Waals surface area contributed by atoms with Crippen molar-refractivity contribution in [1.82, 2.24) is 0 Å². The summed E-state index contributed by atoms with van der Waals surface area (Å²) in [5.74, 6) is -0.116. The van der Waals surface area contributed by atoms with Gasteiger partial charge >= 0.3 is 0 Å². The molecule has 0 bridgehead atoms. The van der Waals surface area contributed by atoms with E-state index < -0.39 is 0 Å². The second-order valence-electron chi connectivity index (χ2n) is 4.72. The van der Waals surface area contributed by atoms with E-state index >= 15 is 0 Å². The van der Waals surface area contributed by atoms with Crippen molar-refractivity contribution in [3.8, 4) is 0 Å². The zero-order valence-electron chi connectivity index (χ0n) is 12.7. The average molecular weight is 290 g/mol. The van der Waals surface area contributed by atoms with Crippen LogP contribution in [0.3, 0.4) is 0 Å². The van der Waals surface area contributed by atoms with Gasteiger partial charge in [-0.3, -0.25) is 0 Å². The molecule has 2 nitrogen and oxygen atoms in total. The first-order valence-electron chi connectivity index (χ1n) is 7.53. The van der Waals surface area contributed by atoms with Crippen LogP contribution in [0.4, 0.5) is 0 Å². The highest BCUT2D eigenvalue weighted by molar-refractivity contribution is 6.55. The summed E-state index contributed by atoms with van der Waals surface area (Å²) in [6.45, 7) is 9.77. The van der Waals surface area contributed by atoms with E-state index in [9.17, 15) is 0 Å². The molecule has 0 fully saturated rings. The Labute approximate surface area is 126 Å². The van der Waals surface area contributed by atoms with Crippen molar-refractivity contribution in [3.63, 3.8) is 0 Å². The highest BCUT2D eigenvalue weighted by atomic mass is 28.2. The minimum absolute atomic E-state index is 0.116. The number of unbranched alkanes of at least 4 members (excludes halogenated alkanes) is 2. The van der Waals surface area contributed by atoms with Crippen LogP contribution in [0.1, 0.15) is 45.1 Å². The summed E-state index contributed by atoms with van der Waals surface area (Å²) in [5.41, 5.74) is 1.18. The first-order valence-corrected chi connectivity index (χ1v) is 8.60. The molecule has 0 saturated heterocycles. The van der Waals surface area contributed by atoms with Crippen LogP contribution >= 0.6 is 0 Å². The predicted octanol–water partition coefficient (Wildman–Crippen LogP) is 3.58. The summed E-state index contributed by atoms with van der Waals surface area (Å²) >= 11 is 0. The van der Waals surface area contributed by atoms with Gasteiger partial charge in [-0.15, -0.1) is 0 Å². The molecule has 0 atom stereocenters. The normalized spacial score (nSPS) is 10.9. The number of benzene rings is 1. The van der Waals surface area contributed by atoms with Crippen LogP contribution in [0.5, 0.6) is 0 Å². The molecular weight excluding hydrogens is 264 g/mol. The second kappa shape index (κ2) is 10.8. The zero-order chi connectivity index (χ0) is 14.6. The van der Waals surface area contributed by atoms with Gasteiger partial charge in [-0.05, 0) is 18.4 Å². The van der Waals surface area contributed by atoms with Gasteiger partial charge < -0.3 is 9.47 Å². The maximum absolute atomic E-state index is 5.89. The van der Waals surface area contributed by atoms with Gasteiger partial charge in [0.1, 0.15) is 5.91 Å². The maximum Gasteiger partial charge on any atom is 0.157 e. The first-order chi connectivity index (χ1) is 9.81. The van der Waals surface area contributed by atoms with Crippen molar-refractivity contribution in [2.75, 3.05) is 13.2 Å². The summed E-state index contributed by atoms with van der Waals surface area (Å²) in [7, 11) is 0.508. The van der Waals surface area contributed by atoms with Crippen molar-refractivity contribution in [2.45, 2.75) is 45.4 Å². The van der Waals surface area contributed by atoms with Crippen molar-refractivity contribution in [3.05, 3.63) is 36.4 Å². The number of hydrogen-bond donors (Lipinski definition) is 0. The topological polar surface area (TPSA) is 18.5 Å². The SMILES string of the molecule is C=Cc1ccccc1[Si]C(OCCCC)OCCCC. The van der Waals surface area contributed by atoms with Crippen LogP contribution in [0.25, 0.3) is 6.08 Å². The van der Waals surface area contributed by atoms with E-state index in [1.807, 2.05) is 12.1 Å². The largest absolute Gasteiger partial charge is 0.357 e. The molecule has 0 aliphatic carbocycles. The van der Waals surface area contributed by atoms with Gasteiger partial charge in [0.25, 0.3) is 0 Å². The molecule has 0 unspecified atom stereocenters. The van der Waals surface area contributed by atoms with E-state index in [1.165, 1.54) is 10.8 Å². The van der Waals surface area contributed by atoms with Crippen molar-refractivity contribution < 1.29 is 9.47 Å². The molecule has 3 heteroatoms. The fraction of sp³-hybridized carbons (Fsp3) is 0.529. The number of rotatable bonds is 11. The lowest BCUT2D eigenvalue weighted by Crippen LogP contribution is -2.34. The van der Waals surface area contributed by atoms with Gasteiger partial charge in [0, 0.05) is 13.2 Å². The zero-order valence-corrected chi connectivity index (χ0v) is 13.7. The van der Waals surface area contributed by atoms with Gasteiger partial charge in [-0.2, -0.15) is 0 Å². The summed E-state index contributed by atoms with van der Waals surface area (Å²) in [6.07, 6.45) is 6.36. The molecule has 2 radical (unpaired) electrons. The monoisotopic (exact) mass is 290 g/mol. The van der Waals surface area contributed by atoms with Crippen LogP contribution in [0, 0.1) is 0 Å². The molecule has 0 aliphatic rings. The number of ether oxygens (including phenoxy) is 2. The third-order valence-corrected chi connectivity index (χ3v) is 4.32. The molecule has 110 valence electrons. The summed E-state index contributed by atoms with van der Waals surface area (Å²) in [5, 5.41) is 1.26. The van der Waals surface area contributed by atoms with Gasteiger partial charge in [0.2, 0.25) is 0 Å².